The van der Waals surface area contributed by atoms with Gasteiger partial charge in [-0.25, -0.2) is 0 Å². The molecule has 1 aliphatic heterocycles. The van der Waals surface area contributed by atoms with Gasteiger partial charge < -0.3 is 4.74 Å². The minimum Gasteiger partial charge on any atom is -0.479 e. The molecule has 0 spiro atoms. The summed E-state index contributed by atoms with van der Waals surface area (Å²) < 4.78 is 5.22. The summed E-state index contributed by atoms with van der Waals surface area (Å²) in [7, 11) is 0. The minimum absolute atomic E-state index is 0.0796. The number of ether oxygens (including phenoxy) is 1. The monoisotopic (exact) mass is 271 g/mol. The van der Waals surface area contributed by atoms with Crippen LogP contribution >= 0.6 is 0 Å². The molecule has 106 valence electrons. The number of hydrazone groups is 1. The number of piperidine rings is 1. The van der Waals surface area contributed by atoms with Gasteiger partial charge in [0, 0.05) is 12.1 Å². The smallest absolute Gasteiger partial charge is 0.174 e. The molecule has 0 bridgehead atoms. The van der Waals surface area contributed by atoms with E-state index in [-0.39, 0.29) is 6.61 Å². The molecule has 1 fully saturated rings. The number of hydrogen-bond donors (Lipinski definition) is 0. The first-order valence-electron chi connectivity index (χ1n) is 7.13. The molecule has 4 heteroatoms. The van der Waals surface area contributed by atoms with Gasteiger partial charge in [0.2, 0.25) is 0 Å². The number of rotatable bonds is 4. The maximum Gasteiger partial charge on any atom is 0.174 e. The molecule has 0 aliphatic carbocycles. The van der Waals surface area contributed by atoms with Crippen molar-refractivity contribution in [2.75, 3.05) is 6.61 Å². The van der Waals surface area contributed by atoms with Crippen molar-refractivity contribution in [3.05, 3.63) is 29.8 Å². The van der Waals surface area contributed by atoms with Crippen molar-refractivity contribution in [1.82, 2.24) is 5.01 Å². The van der Waals surface area contributed by atoms with Crippen LogP contribution in [0.1, 0.15) is 38.7 Å². The maximum absolute atomic E-state index is 8.46. The van der Waals surface area contributed by atoms with Crippen LogP contribution in [0.25, 0.3) is 0 Å². The lowest BCUT2D eigenvalue weighted by atomic mass is 10.00. The fourth-order valence-corrected chi connectivity index (χ4v) is 2.53. The Labute approximate surface area is 120 Å². The van der Waals surface area contributed by atoms with Crippen LogP contribution < -0.4 is 4.74 Å². The van der Waals surface area contributed by atoms with Crippen molar-refractivity contribution < 1.29 is 4.74 Å². The second-order valence-corrected chi connectivity index (χ2v) is 5.27. The number of hydrogen-bond acceptors (Lipinski definition) is 4. The molecular formula is C16H21N3O. The number of nitriles is 1. The quantitative estimate of drug-likeness (QED) is 0.790. The molecule has 4 nitrogen and oxygen atoms in total. The normalized spacial score (nSPS) is 22.8. The summed E-state index contributed by atoms with van der Waals surface area (Å²) in [5, 5.41) is 15.3. The van der Waals surface area contributed by atoms with E-state index in [4.69, 9.17) is 10.00 Å². The van der Waals surface area contributed by atoms with E-state index in [0.717, 1.165) is 5.56 Å². The fourth-order valence-electron chi connectivity index (χ4n) is 2.53. The van der Waals surface area contributed by atoms with E-state index in [2.05, 4.69) is 24.0 Å². The Bertz CT molecular complexity index is 479. The summed E-state index contributed by atoms with van der Waals surface area (Å²) in [4.78, 5) is 0. The van der Waals surface area contributed by atoms with Gasteiger partial charge in [-0.3, -0.25) is 5.01 Å². The van der Waals surface area contributed by atoms with Gasteiger partial charge in [-0.1, -0.05) is 0 Å². The Hall–Kier alpha value is -2.02. The molecule has 1 aliphatic rings. The molecule has 0 radical (unpaired) electrons. The summed E-state index contributed by atoms with van der Waals surface area (Å²) in [6.07, 6.45) is 5.61. The van der Waals surface area contributed by atoms with Gasteiger partial charge in [0.15, 0.2) is 6.61 Å². The zero-order chi connectivity index (χ0) is 14.4. The van der Waals surface area contributed by atoms with Crippen LogP contribution in [0.3, 0.4) is 0 Å². The second-order valence-electron chi connectivity index (χ2n) is 5.27. The van der Waals surface area contributed by atoms with Crippen molar-refractivity contribution in [3.63, 3.8) is 0 Å². The Morgan fingerprint density at radius 1 is 1.30 bits per heavy atom. The zero-order valence-corrected chi connectivity index (χ0v) is 12.1. The van der Waals surface area contributed by atoms with Crippen LogP contribution in [0, 0.1) is 11.3 Å². The third-order valence-corrected chi connectivity index (χ3v) is 3.67. The third kappa shape index (κ3) is 3.74. The summed E-state index contributed by atoms with van der Waals surface area (Å²) in [5.74, 6) is 0.711. The van der Waals surface area contributed by atoms with Gasteiger partial charge >= 0.3 is 0 Å². The van der Waals surface area contributed by atoms with Crippen molar-refractivity contribution >= 4 is 6.21 Å². The molecule has 1 saturated heterocycles. The van der Waals surface area contributed by atoms with Crippen molar-refractivity contribution in [3.8, 4) is 11.8 Å². The highest BCUT2D eigenvalue weighted by molar-refractivity contribution is 5.79. The summed E-state index contributed by atoms with van der Waals surface area (Å²) >= 11 is 0. The molecule has 1 aromatic rings. The lowest BCUT2D eigenvalue weighted by Gasteiger charge is -2.36. The van der Waals surface area contributed by atoms with Gasteiger partial charge in [0.05, 0.1) is 6.21 Å². The van der Waals surface area contributed by atoms with Crippen LogP contribution in [-0.2, 0) is 0 Å². The highest BCUT2D eigenvalue weighted by atomic mass is 16.5. The Kier molecular flexibility index (Phi) is 5.00. The maximum atomic E-state index is 8.46. The standard InChI is InChI=1S/C16H21N3O/c1-13-4-3-5-14(2)19(13)18-12-15-6-8-16(9-7-15)20-11-10-17/h6-9,12-14H,3-5,11H2,1-2H3/b18-12-/t13-,14-/m1/s1. The van der Waals surface area contributed by atoms with E-state index in [0.29, 0.717) is 17.8 Å². The van der Waals surface area contributed by atoms with Crippen LogP contribution in [0.2, 0.25) is 0 Å². The average molecular weight is 271 g/mol. The van der Waals surface area contributed by atoms with E-state index in [1.54, 1.807) is 0 Å². The zero-order valence-electron chi connectivity index (χ0n) is 12.1. The second kappa shape index (κ2) is 6.95. The molecule has 2 rings (SSSR count). The molecule has 1 heterocycles. The van der Waals surface area contributed by atoms with E-state index < -0.39 is 0 Å². The Morgan fingerprint density at radius 2 is 1.95 bits per heavy atom. The van der Waals surface area contributed by atoms with E-state index in [1.807, 2.05) is 36.5 Å². The molecule has 0 amide bonds. The van der Waals surface area contributed by atoms with Crippen molar-refractivity contribution in [1.29, 1.82) is 5.26 Å². The summed E-state index contributed by atoms with van der Waals surface area (Å²) in [6.45, 7) is 4.54. The molecule has 20 heavy (non-hydrogen) atoms. The predicted molar refractivity (Wildman–Crippen MR) is 79.8 cm³/mol. The van der Waals surface area contributed by atoms with Gasteiger partial charge in [0.1, 0.15) is 11.8 Å². The molecule has 1 aromatic carbocycles. The van der Waals surface area contributed by atoms with Crippen LogP contribution in [-0.4, -0.2) is 29.9 Å². The molecule has 0 aromatic heterocycles. The predicted octanol–water partition coefficient (Wildman–Crippen LogP) is 3.19. The Balaban J connectivity index is 1.98. The lowest BCUT2D eigenvalue weighted by molar-refractivity contribution is 0.109. The first-order chi connectivity index (χ1) is 9.70. The molecule has 2 atom stereocenters. The highest BCUT2D eigenvalue weighted by Gasteiger charge is 2.22. The summed E-state index contributed by atoms with van der Waals surface area (Å²) in [6, 6.07) is 10.6. The van der Waals surface area contributed by atoms with E-state index in [9.17, 15) is 0 Å². The first kappa shape index (κ1) is 14.4. The number of benzene rings is 1. The highest BCUT2D eigenvalue weighted by Crippen LogP contribution is 2.22. The number of nitrogens with zero attached hydrogens (tertiary/aromatic N) is 3. The van der Waals surface area contributed by atoms with Gasteiger partial charge in [-0.15, -0.1) is 0 Å². The molecule has 0 unspecified atom stereocenters. The molecule has 0 N–H and O–H groups in total. The van der Waals surface area contributed by atoms with Gasteiger partial charge in [0.25, 0.3) is 0 Å². The van der Waals surface area contributed by atoms with E-state index >= 15 is 0 Å². The van der Waals surface area contributed by atoms with Crippen LogP contribution in [0.4, 0.5) is 0 Å². The topological polar surface area (TPSA) is 48.6 Å². The summed E-state index contributed by atoms with van der Waals surface area (Å²) in [5.41, 5.74) is 1.04. The van der Waals surface area contributed by atoms with Gasteiger partial charge in [-0.05, 0) is 62.9 Å². The fraction of sp³-hybridized carbons (Fsp3) is 0.500. The van der Waals surface area contributed by atoms with Gasteiger partial charge in [-0.2, -0.15) is 10.4 Å². The Morgan fingerprint density at radius 3 is 2.55 bits per heavy atom. The van der Waals surface area contributed by atoms with Crippen molar-refractivity contribution in [2.45, 2.75) is 45.2 Å². The SMILES string of the molecule is C[C@@H]1CCC[C@@H](C)N1/N=C\c1ccc(OCC#N)cc1. The largest absolute Gasteiger partial charge is 0.479 e. The molecular weight excluding hydrogens is 250 g/mol. The van der Waals surface area contributed by atoms with Crippen molar-refractivity contribution in [2.24, 2.45) is 5.10 Å². The third-order valence-electron chi connectivity index (χ3n) is 3.67. The molecule has 0 saturated carbocycles. The minimum atomic E-state index is 0.0796. The van der Waals surface area contributed by atoms with E-state index in [1.165, 1.54) is 19.3 Å². The van der Waals surface area contributed by atoms with Crippen LogP contribution in [0.5, 0.6) is 5.75 Å². The van der Waals surface area contributed by atoms with Crippen LogP contribution in [0.15, 0.2) is 29.4 Å². The first-order valence-corrected chi connectivity index (χ1v) is 7.13. The lowest BCUT2D eigenvalue weighted by Crippen LogP contribution is -2.39. The average Bonchev–Trinajstić information content (AvgIpc) is 2.46.